The maximum absolute atomic E-state index is 14.5. The van der Waals surface area contributed by atoms with E-state index in [0.29, 0.717) is 37.2 Å². The van der Waals surface area contributed by atoms with Crippen molar-refractivity contribution in [2.75, 3.05) is 13.1 Å². The highest BCUT2D eigenvalue weighted by Crippen LogP contribution is 2.39. The first-order valence-corrected chi connectivity index (χ1v) is 13.0. The summed E-state index contributed by atoms with van der Waals surface area (Å²) in [7, 11) is 0. The number of nitrogens with one attached hydrogen (secondary N) is 1. The molecule has 0 bridgehead atoms. The zero-order valence-electron chi connectivity index (χ0n) is 21.7. The Morgan fingerprint density at radius 1 is 1.21 bits per heavy atom. The Labute approximate surface area is 227 Å². The summed E-state index contributed by atoms with van der Waals surface area (Å²) in [4.78, 5) is 26.8. The predicted molar refractivity (Wildman–Crippen MR) is 141 cm³/mol. The molecule has 1 aliphatic carbocycles. The number of likely N-dealkylation sites (tertiary alicyclic amines) is 1. The van der Waals surface area contributed by atoms with Gasteiger partial charge in [-0.25, -0.2) is 13.2 Å². The van der Waals surface area contributed by atoms with E-state index in [9.17, 15) is 27.9 Å². The molecule has 1 saturated carbocycles. The summed E-state index contributed by atoms with van der Waals surface area (Å²) >= 11 is 0. The van der Waals surface area contributed by atoms with Gasteiger partial charge < -0.3 is 10.4 Å². The fraction of sp³-hybridized carbons (Fsp3) is 0.593. The molecular formula is C27H36ClF3N4O3. The molecule has 3 atom stereocenters. The van der Waals surface area contributed by atoms with Gasteiger partial charge in [0, 0.05) is 43.2 Å². The summed E-state index contributed by atoms with van der Waals surface area (Å²) in [5.74, 6) is -4.69. The van der Waals surface area contributed by atoms with Gasteiger partial charge in [0.25, 0.3) is 11.8 Å². The maximum atomic E-state index is 14.5. The topological polar surface area (TPSA) is 87.5 Å². The first-order chi connectivity index (χ1) is 17.5. The Balaban J connectivity index is 0.00000400. The maximum Gasteiger partial charge on any atom is 0.305 e. The Morgan fingerprint density at radius 3 is 2.50 bits per heavy atom. The molecule has 11 heteroatoms. The van der Waals surface area contributed by atoms with E-state index >= 15 is 0 Å². The number of alkyl halides is 3. The number of carbonyl (C=O) groups excluding carboxylic acids is 1. The highest BCUT2D eigenvalue weighted by atomic mass is 35.5. The number of carbonyl (C=O) groups is 2. The molecule has 0 spiro atoms. The lowest BCUT2D eigenvalue weighted by Gasteiger charge is -2.27. The third-order valence-corrected chi connectivity index (χ3v) is 7.48. The number of rotatable bonds is 10. The van der Waals surface area contributed by atoms with E-state index in [-0.39, 0.29) is 42.2 Å². The molecule has 2 N–H and O–H groups in total. The summed E-state index contributed by atoms with van der Waals surface area (Å²) in [6.07, 6.45) is 3.26. The van der Waals surface area contributed by atoms with E-state index in [1.165, 1.54) is 12.1 Å². The van der Waals surface area contributed by atoms with Crippen LogP contribution in [0.1, 0.15) is 80.9 Å². The van der Waals surface area contributed by atoms with Crippen LogP contribution >= 0.6 is 12.4 Å². The molecule has 38 heavy (non-hydrogen) atoms. The van der Waals surface area contributed by atoms with Crippen molar-refractivity contribution < 1.29 is 27.9 Å². The van der Waals surface area contributed by atoms with Crippen molar-refractivity contribution in [1.82, 2.24) is 20.0 Å². The number of amides is 1. The van der Waals surface area contributed by atoms with Crippen LogP contribution < -0.4 is 5.32 Å². The molecule has 1 aliphatic heterocycles. The Kier molecular flexibility index (Phi) is 9.86. The SMILES string of the molecule is CC(C[C@@H](CC(=O)O)NC(=O)c1cc(-c2ccccc2C(C)(F)F)n(C2CCCC2)n1)N1CCC(F)C1.Cl. The van der Waals surface area contributed by atoms with E-state index in [4.69, 9.17) is 0 Å². The van der Waals surface area contributed by atoms with Gasteiger partial charge in [0.15, 0.2) is 5.69 Å². The van der Waals surface area contributed by atoms with E-state index in [1.807, 2.05) is 11.8 Å². The average molecular weight is 557 g/mol. The normalized spacial score (nSPS) is 20.2. The molecule has 2 aromatic rings. The van der Waals surface area contributed by atoms with Gasteiger partial charge in [-0.1, -0.05) is 37.1 Å². The molecule has 1 aromatic carbocycles. The van der Waals surface area contributed by atoms with E-state index in [0.717, 1.165) is 32.6 Å². The first kappa shape index (κ1) is 30.0. The van der Waals surface area contributed by atoms with Crippen molar-refractivity contribution in [3.63, 3.8) is 0 Å². The molecule has 2 heterocycles. The van der Waals surface area contributed by atoms with Crippen molar-refractivity contribution in [2.24, 2.45) is 0 Å². The summed E-state index contributed by atoms with van der Waals surface area (Å²) in [6, 6.07) is 6.94. The van der Waals surface area contributed by atoms with Crippen molar-refractivity contribution >= 4 is 24.3 Å². The number of nitrogens with zero attached hydrogens (tertiary/aromatic N) is 3. The second-order valence-electron chi connectivity index (χ2n) is 10.5. The van der Waals surface area contributed by atoms with Crippen LogP contribution in [0.4, 0.5) is 13.2 Å². The molecule has 2 unspecified atom stereocenters. The smallest absolute Gasteiger partial charge is 0.305 e. The van der Waals surface area contributed by atoms with Crippen molar-refractivity contribution in [2.45, 2.75) is 89.0 Å². The molecule has 0 radical (unpaired) electrons. The standard InChI is InChI=1S/C27H35F3N4O3.ClH/c1-17(33-12-11-18(28)16-33)13-19(14-25(35)36)31-26(37)23-15-24(34(32-23)20-7-3-4-8-20)21-9-5-6-10-22(21)27(2,29)30;/h5-6,9-10,15,17-20H,3-4,7-8,11-14,16H2,1-2H3,(H,31,37)(H,35,36);1H/t17?,18?,19-;/m0./s1. The number of hydrogen-bond acceptors (Lipinski definition) is 4. The summed E-state index contributed by atoms with van der Waals surface area (Å²) in [5.41, 5.74) is 0.682. The van der Waals surface area contributed by atoms with Crippen LogP contribution in [0.25, 0.3) is 11.3 Å². The molecule has 1 saturated heterocycles. The van der Waals surface area contributed by atoms with Crippen molar-refractivity contribution in [3.8, 4) is 11.3 Å². The predicted octanol–water partition coefficient (Wildman–Crippen LogP) is 5.59. The largest absolute Gasteiger partial charge is 0.481 e. The van der Waals surface area contributed by atoms with Gasteiger partial charge >= 0.3 is 5.97 Å². The second kappa shape index (κ2) is 12.5. The number of benzene rings is 1. The second-order valence-corrected chi connectivity index (χ2v) is 10.5. The fourth-order valence-corrected chi connectivity index (χ4v) is 5.59. The molecule has 1 amide bonds. The minimum Gasteiger partial charge on any atom is -0.481 e. The monoisotopic (exact) mass is 556 g/mol. The molecule has 210 valence electrons. The molecule has 7 nitrogen and oxygen atoms in total. The van der Waals surface area contributed by atoms with Gasteiger partial charge in [0.1, 0.15) is 6.17 Å². The van der Waals surface area contributed by atoms with Crippen LogP contribution in [-0.2, 0) is 10.7 Å². The average Bonchev–Trinajstić information content (AvgIpc) is 3.58. The number of carboxylic acids is 1. The van der Waals surface area contributed by atoms with Gasteiger partial charge in [0.05, 0.1) is 18.2 Å². The van der Waals surface area contributed by atoms with E-state index < -0.39 is 30.0 Å². The minimum atomic E-state index is -3.08. The molecule has 1 aromatic heterocycles. The lowest BCUT2D eigenvalue weighted by Crippen LogP contribution is -2.42. The van der Waals surface area contributed by atoms with Crippen LogP contribution in [0.15, 0.2) is 30.3 Å². The van der Waals surface area contributed by atoms with Crippen LogP contribution in [0.2, 0.25) is 0 Å². The van der Waals surface area contributed by atoms with Crippen LogP contribution in [0.5, 0.6) is 0 Å². The third-order valence-electron chi connectivity index (χ3n) is 7.48. The van der Waals surface area contributed by atoms with Crippen LogP contribution in [-0.4, -0.2) is 63.0 Å². The number of halogens is 4. The quantitative estimate of drug-likeness (QED) is 0.398. The minimum absolute atomic E-state index is 0. The van der Waals surface area contributed by atoms with E-state index in [1.54, 1.807) is 22.9 Å². The highest BCUT2D eigenvalue weighted by molar-refractivity contribution is 5.94. The Hall–Kier alpha value is -2.59. The van der Waals surface area contributed by atoms with Gasteiger partial charge in [-0.2, -0.15) is 5.10 Å². The molecule has 2 aliphatic rings. The van der Waals surface area contributed by atoms with Crippen molar-refractivity contribution in [3.05, 3.63) is 41.6 Å². The fourth-order valence-electron chi connectivity index (χ4n) is 5.59. The van der Waals surface area contributed by atoms with Gasteiger partial charge in [-0.3, -0.25) is 19.2 Å². The van der Waals surface area contributed by atoms with Crippen LogP contribution in [0.3, 0.4) is 0 Å². The van der Waals surface area contributed by atoms with Crippen LogP contribution in [0, 0.1) is 0 Å². The molecule has 2 fully saturated rings. The Morgan fingerprint density at radius 2 is 1.89 bits per heavy atom. The summed E-state index contributed by atoms with van der Waals surface area (Å²) in [5, 5.41) is 16.8. The first-order valence-electron chi connectivity index (χ1n) is 13.0. The van der Waals surface area contributed by atoms with Gasteiger partial charge in [-0.15, -0.1) is 12.4 Å². The van der Waals surface area contributed by atoms with Gasteiger partial charge in [0.2, 0.25) is 0 Å². The molecular weight excluding hydrogens is 521 g/mol. The summed E-state index contributed by atoms with van der Waals surface area (Å²) in [6.45, 7) is 3.63. The lowest BCUT2D eigenvalue weighted by atomic mass is 9.99. The third kappa shape index (κ3) is 7.08. The number of carboxylic acid groups (broad SMARTS) is 1. The summed E-state index contributed by atoms with van der Waals surface area (Å²) < 4.78 is 44.2. The van der Waals surface area contributed by atoms with E-state index in [2.05, 4.69) is 10.4 Å². The molecule has 4 rings (SSSR count). The zero-order chi connectivity index (χ0) is 26.7. The highest BCUT2D eigenvalue weighted by Gasteiger charge is 2.32. The number of aromatic nitrogens is 2. The zero-order valence-corrected chi connectivity index (χ0v) is 22.5. The number of hydrogen-bond donors (Lipinski definition) is 2. The van der Waals surface area contributed by atoms with Gasteiger partial charge in [-0.05, 0) is 38.7 Å². The lowest BCUT2D eigenvalue weighted by molar-refractivity contribution is -0.137. The number of aliphatic carboxylic acids is 1. The Bertz CT molecular complexity index is 1120. The van der Waals surface area contributed by atoms with Crippen molar-refractivity contribution in [1.29, 1.82) is 0 Å².